The molecule has 0 aliphatic carbocycles. The van der Waals surface area contributed by atoms with Crippen molar-refractivity contribution in [1.82, 2.24) is 5.32 Å². The number of benzene rings is 1. The van der Waals surface area contributed by atoms with Gasteiger partial charge >= 0.3 is 0 Å². The summed E-state index contributed by atoms with van der Waals surface area (Å²) in [6.07, 6.45) is 1.21. The van der Waals surface area contributed by atoms with Crippen molar-refractivity contribution in [2.45, 2.75) is 33.7 Å². The molecule has 2 aromatic rings. The highest BCUT2D eigenvalue weighted by atomic mass is 32.1. The van der Waals surface area contributed by atoms with Crippen LogP contribution in [0.15, 0.2) is 29.6 Å². The van der Waals surface area contributed by atoms with Gasteiger partial charge in [0.1, 0.15) is 0 Å². The van der Waals surface area contributed by atoms with Gasteiger partial charge in [0.25, 0.3) is 0 Å². The van der Waals surface area contributed by atoms with Gasteiger partial charge in [-0.15, -0.1) is 11.3 Å². The Labute approximate surface area is 108 Å². The van der Waals surface area contributed by atoms with Crippen molar-refractivity contribution in [3.05, 3.63) is 35.2 Å². The van der Waals surface area contributed by atoms with Gasteiger partial charge in [0.15, 0.2) is 0 Å². The fourth-order valence-electron chi connectivity index (χ4n) is 1.83. The molecule has 1 aromatic heterocycles. The van der Waals surface area contributed by atoms with Crippen LogP contribution in [0.25, 0.3) is 10.1 Å². The van der Waals surface area contributed by atoms with E-state index in [1.807, 2.05) is 11.3 Å². The Bertz CT molecular complexity index is 484. The number of rotatable bonds is 5. The molecule has 17 heavy (non-hydrogen) atoms. The Morgan fingerprint density at radius 2 is 2.00 bits per heavy atom. The zero-order chi connectivity index (χ0) is 12.3. The topological polar surface area (TPSA) is 12.0 Å². The summed E-state index contributed by atoms with van der Waals surface area (Å²) in [6, 6.07) is 8.64. The second-order valence-electron chi connectivity index (χ2n) is 5.38. The fraction of sp³-hybridized carbons (Fsp3) is 0.467. The number of thiophene rings is 1. The predicted molar refractivity (Wildman–Crippen MR) is 77.6 cm³/mol. The lowest BCUT2D eigenvalue weighted by molar-refractivity contribution is 0.328. The van der Waals surface area contributed by atoms with Crippen molar-refractivity contribution in [2.24, 2.45) is 5.41 Å². The average molecular weight is 247 g/mol. The largest absolute Gasteiger partial charge is 0.312 e. The minimum Gasteiger partial charge on any atom is -0.312 e. The quantitative estimate of drug-likeness (QED) is 0.824. The molecule has 0 aliphatic rings. The first-order valence-corrected chi connectivity index (χ1v) is 7.16. The second kappa shape index (κ2) is 5.19. The Hall–Kier alpha value is -0.860. The van der Waals surface area contributed by atoms with Crippen molar-refractivity contribution in [3.8, 4) is 0 Å². The first-order chi connectivity index (χ1) is 8.12. The molecule has 0 amide bonds. The molecule has 1 nitrogen and oxygen atoms in total. The molecule has 0 fully saturated rings. The molecule has 1 N–H and O–H groups in total. The van der Waals surface area contributed by atoms with E-state index in [-0.39, 0.29) is 0 Å². The normalized spacial score (nSPS) is 12.2. The molecule has 0 radical (unpaired) electrons. The maximum atomic E-state index is 3.58. The van der Waals surface area contributed by atoms with Gasteiger partial charge in [-0.25, -0.2) is 0 Å². The first-order valence-electron chi connectivity index (χ1n) is 6.28. The van der Waals surface area contributed by atoms with Crippen molar-refractivity contribution >= 4 is 21.4 Å². The summed E-state index contributed by atoms with van der Waals surface area (Å²) < 4.78 is 1.39. The molecule has 0 saturated carbocycles. The third-order valence-corrected chi connectivity index (χ3v) is 4.45. The van der Waals surface area contributed by atoms with E-state index >= 15 is 0 Å². The van der Waals surface area contributed by atoms with Crippen molar-refractivity contribution in [3.63, 3.8) is 0 Å². The molecule has 2 rings (SSSR count). The Kier molecular flexibility index (Phi) is 3.85. The second-order valence-corrected chi connectivity index (χ2v) is 6.29. The molecular formula is C15H21NS. The van der Waals surface area contributed by atoms with Gasteiger partial charge in [0.2, 0.25) is 0 Å². The van der Waals surface area contributed by atoms with Crippen LogP contribution in [0.5, 0.6) is 0 Å². The van der Waals surface area contributed by atoms with Crippen molar-refractivity contribution in [1.29, 1.82) is 0 Å². The van der Waals surface area contributed by atoms with Crippen molar-refractivity contribution < 1.29 is 0 Å². The predicted octanol–water partition coefficient (Wildman–Crippen LogP) is 4.43. The monoisotopic (exact) mass is 247 g/mol. The van der Waals surface area contributed by atoms with Gasteiger partial charge < -0.3 is 5.32 Å². The molecule has 0 saturated heterocycles. The fourth-order valence-corrected chi connectivity index (χ4v) is 2.79. The number of hydrogen-bond donors (Lipinski definition) is 1. The van der Waals surface area contributed by atoms with E-state index in [1.165, 1.54) is 22.1 Å². The zero-order valence-electron chi connectivity index (χ0n) is 10.9. The van der Waals surface area contributed by atoms with E-state index in [0.717, 1.165) is 13.1 Å². The smallest absolute Gasteiger partial charge is 0.0346 e. The van der Waals surface area contributed by atoms with Gasteiger partial charge in [0.05, 0.1) is 0 Å². The molecule has 0 aliphatic heterocycles. The van der Waals surface area contributed by atoms with Crippen LogP contribution in [0.3, 0.4) is 0 Å². The lowest BCUT2D eigenvalue weighted by Gasteiger charge is -2.22. The van der Waals surface area contributed by atoms with Gasteiger partial charge in [0, 0.05) is 17.8 Å². The number of nitrogens with one attached hydrogen (secondary N) is 1. The van der Waals surface area contributed by atoms with Gasteiger partial charge in [-0.3, -0.25) is 0 Å². The van der Waals surface area contributed by atoms with Crippen LogP contribution >= 0.6 is 11.3 Å². The minimum atomic E-state index is 0.395. The van der Waals surface area contributed by atoms with E-state index in [9.17, 15) is 0 Å². The molecule has 0 bridgehead atoms. The molecule has 0 atom stereocenters. The van der Waals surface area contributed by atoms with Crippen LogP contribution in [-0.4, -0.2) is 6.54 Å². The SMILES string of the molecule is CCC(C)(C)CNCc1csc2ccccc12. The maximum absolute atomic E-state index is 3.58. The summed E-state index contributed by atoms with van der Waals surface area (Å²) >= 11 is 1.84. The van der Waals surface area contributed by atoms with E-state index < -0.39 is 0 Å². The molecule has 0 unspecified atom stereocenters. The van der Waals surface area contributed by atoms with E-state index in [2.05, 4.69) is 55.7 Å². The number of hydrogen-bond acceptors (Lipinski definition) is 2. The Morgan fingerprint density at radius 1 is 1.24 bits per heavy atom. The summed E-state index contributed by atoms with van der Waals surface area (Å²) in [6.45, 7) is 8.93. The molecule has 92 valence electrons. The van der Waals surface area contributed by atoms with Crippen LogP contribution in [0, 0.1) is 5.41 Å². The lowest BCUT2D eigenvalue weighted by Crippen LogP contribution is -2.28. The van der Waals surface area contributed by atoms with Crippen LogP contribution < -0.4 is 5.32 Å². The highest BCUT2D eigenvalue weighted by Gasteiger charge is 2.14. The summed E-state index contributed by atoms with van der Waals surface area (Å²) in [4.78, 5) is 0. The highest BCUT2D eigenvalue weighted by Crippen LogP contribution is 2.25. The molecule has 1 aromatic carbocycles. The zero-order valence-corrected chi connectivity index (χ0v) is 11.7. The average Bonchev–Trinajstić information content (AvgIpc) is 2.73. The van der Waals surface area contributed by atoms with Gasteiger partial charge in [-0.05, 0) is 34.2 Å². The standard InChI is InChI=1S/C15H21NS/c1-4-15(2,3)11-16-9-12-10-17-14-8-6-5-7-13(12)14/h5-8,10,16H,4,9,11H2,1-3H3. The third kappa shape index (κ3) is 3.08. The van der Waals surface area contributed by atoms with Gasteiger partial charge in [-0.2, -0.15) is 0 Å². The Balaban J connectivity index is 2.00. The van der Waals surface area contributed by atoms with Gasteiger partial charge in [-0.1, -0.05) is 39.0 Å². The van der Waals surface area contributed by atoms with Crippen LogP contribution in [-0.2, 0) is 6.54 Å². The summed E-state index contributed by atoms with van der Waals surface area (Å²) in [5, 5.41) is 7.25. The molecule has 1 heterocycles. The highest BCUT2D eigenvalue weighted by molar-refractivity contribution is 7.17. The summed E-state index contributed by atoms with van der Waals surface area (Å²) in [5.74, 6) is 0. The van der Waals surface area contributed by atoms with E-state index in [0.29, 0.717) is 5.41 Å². The summed E-state index contributed by atoms with van der Waals surface area (Å²) in [7, 11) is 0. The third-order valence-electron chi connectivity index (χ3n) is 3.44. The van der Waals surface area contributed by atoms with Crippen LogP contribution in [0.1, 0.15) is 32.8 Å². The summed E-state index contributed by atoms with van der Waals surface area (Å²) in [5.41, 5.74) is 1.82. The van der Waals surface area contributed by atoms with E-state index in [1.54, 1.807) is 0 Å². The van der Waals surface area contributed by atoms with E-state index in [4.69, 9.17) is 0 Å². The first kappa shape index (κ1) is 12.6. The van der Waals surface area contributed by atoms with Crippen LogP contribution in [0.4, 0.5) is 0 Å². The minimum absolute atomic E-state index is 0.395. The molecular weight excluding hydrogens is 226 g/mol. The molecule has 0 spiro atoms. The Morgan fingerprint density at radius 3 is 2.76 bits per heavy atom. The van der Waals surface area contributed by atoms with Crippen molar-refractivity contribution in [2.75, 3.05) is 6.54 Å². The number of fused-ring (bicyclic) bond motifs is 1. The maximum Gasteiger partial charge on any atom is 0.0346 e. The molecule has 2 heteroatoms. The lowest BCUT2D eigenvalue weighted by atomic mass is 9.90. The van der Waals surface area contributed by atoms with Crippen LogP contribution in [0.2, 0.25) is 0 Å².